The molecule has 8 nitrogen and oxygen atoms in total. The lowest BCUT2D eigenvalue weighted by molar-refractivity contribution is 0.0991. The molecule has 0 aliphatic carbocycles. The first-order valence-electron chi connectivity index (χ1n) is 10.8. The summed E-state index contributed by atoms with van der Waals surface area (Å²) < 4.78 is 38.1. The fourth-order valence-electron chi connectivity index (χ4n) is 3.97. The van der Waals surface area contributed by atoms with Gasteiger partial charge in [0.05, 0.1) is 10.7 Å². The Kier molecular flexibility index (Phi) is 5.89. The SMILES string of the molecule is Cc1c(C(=O)Cc2ccc(Oc3ncnn4cc(Cl)cc34)c(F)c2)c(=O)n(-c2ccc(F)cc2)n1C. The molecule has 3 heterocycles. The van der Waals surface area contributed by atoms with E-state index in [1.807, 2.05) is 0 Å². The van der Waals surface area contributed by atoms with Crippen molar-refractivity contribution in [2.45, 2.75) is 13.3 Å². The fraction of sp³-hybridized carbons (Fsp3) is 0.120. The molecule has 2 aromatic carbocycles. The number of fused-ring (bicyclic) bond motifs is 1. The molecule has 0 N–H and O–H groups in total. The minimum Gasteiger partial charge on any atom is -0.434 e. The first-order chi connectivity index (χ1) is 17.2. The average Bonchev–Trinajstić information content (AvgIpc) is 3.32. The van der Waals surface area contributed by atoms with Gasteiger partial charge in [-0.2, -0.15) is 10.1 Å². The second-order valence-corrected chi connectivity index (χ2v) is 8.53. The van der Waals surface area contributed by atoms with E-state index in [0.717, 1.165) is 0 Å². The summed E-state index contributed by atoms with van der Waals surface area (Å²) in [5.41, 5.74) is 1.12. The Morgan fingerprint density at radius 1 is 1.11 bits per heavy atom. The molecular formula is C25H18ClF2N5O3. The van der Waals surface area contributed by atoms with Crippen molar-refractivity contribution in [1.82, 2.24) is 24.0 Å². The third-order valence-corrected chi connectivity index (χ3v) is 6.01. The van der Waals surface area contributed by atoms with Crippen LogP contribution in [-0.4, -0.2) is 29.7 Å². The van der Waals surface area contributed by atoms with Gasteiger partial charge in [0, 0.05) is 25.4 Å². The number of ketones is 1. The van der Waals surface area contributed by atoms with Crippen LogP contribution >= 0.6 is 11.6 Å². The van der Waals surface area contributed by atoms with Crippen molar-refractivity contribution in [2.24, 2.45) is 7.05 Å². The molecule has 5 aromatic rings. The van der Waals surface area contributed by atoms with Crippen molar-refractivity contribution >= 4 is 22.9 Å². The number of Topliss-reactive ketones (excluding diaryl/α,β-unsaturated/α-hetero) is 1. The Bertz CT molecular complexity index is 1690. The zero-order chi connectivity index (χ0) is 25.6. The van der Waals surface area contributed by atoms with Gasteiger partial charge in [0.15, 0.2) is 17.3 Å². The fourth-order valence-corrected chi connectivity index (χ4v) is 4.17. The van der Waals surface area contributed by atoms with Crippen molar-refractivity contribution in [3.05, 3.63) is 105 Å². The molecule has 0 aliphatic rings. The van der Waals surface area contributed by atoms with Crippen LogP contribution < -0.4 is 10.3 Å². The third-order valence-electron chi connectivity index (χ3n) is 5.81. The molecular weight excluding hydrogens is 492 g/mol. The summed E-state index contributed by atoms with van der Waals surface area (Å²) in [5, 5.41) is 4.43. The van der Waals surface area contributed by atoms with Gasteiger partial charge in [-0.3, -0.25) is 14.3 Å². The van der Waals surface area contributed by atoms with Gasteiger partial charge in [-0.05, 0) is 55.0 Å². The van der Waals surface area contributed by atoms with E-state index in [1.165, 1.54) is 62.7 Å². The Labute approximate surface area is 207 Å². The van der Waals surface area contributed by atoms with Crippen LogP contribution in [0.25, 0.3) is 11.2 Å². The summed E-state index contributed by atoms with van der Waals surface area (Å²) in [4.78, 5) is 30.2. The smallest absolute Gasteiger partial charge is 0.282 e. The Balaban J connectivity index is 1.40. The average molecular weight is 510 g/mol. The van der Waals surface area contributed by atoms with Crippen LogP contribution in [-0.2, 0) is 13.5 Å². The molecule has 11 heteroatoms. The number of benzene rings is 2. The number of hydrogen-bond donors (Lipinski definition) is 0. The number of hydrogen-bond acceptors (Lipinski definition) is 5. The van der Waals surface area contributed by atoms with E-state index < -0.39 is 23.0 Å². The van der Waals surface area contributed by atoms with Crippen molar-refractivity contribution < 1.29 is 18.3 Å². The quantitative estimate of drug-likeness (QED) is 0.310. The van der Waals surface area contributed by atoms with Crippen LogP contribution in [0.15, 0.2) is 65.8 Å². The number of halogens is 3. The molecule has 0 saturated carbocycles. The van der Waals surface area contributed by atoms with Crippen molar-refractivity contribution in [3.8, 4) is 17.3 Å². The highest BCUT2D eigenvalue weighted by molar-refractivity contribution is 6.31. The molecule has 0 bridgehead atoms. The van der Waals surface area contributed by atoms with E-state index in [2.05, 4.69) is 10.1 Å². The minimum atomic E-state index is -0.705. The number of ether oxygens (including phenoxy) is 1. The molecule has 0 fully saturated rings. The van der Waals surface area contributed by atoms with Crippen LogP contribution in [0.3, 0.4) is 0 Å². The van der Waals surface area contributed by atoms with Gasteiger partial charge < -0.3 is 4.74 Å². The van der Waals surface area contributed by atoms with E-state index in [-0.39, 0.29) is 23.6 Å². The monoisotopic (exact) mass is 509 g/mol. The van der Waals surface area contributed by atoms with Gasteiger partial charge >= 0.3 is 0 Å². The van der Waals surface area contributed by atoms with Gasteiger partial charge in [-0.1, -0.05) is 17.7 Å². The summed E-state index contributed by atoms with van der Waals surface area (Å²) in [6.07, 6.45) is 2.61. The lowest BCUT2D eigenvalue weighted by Gasteiger charge is -2.08. The zero-order valence-electron chi connectivity index (χ0n) is 19.1. The highest BCUT2D eigenvalue weighted by atomic mass is 35.5. The minimum absolute atomic E-state index is 0.0175. The van der Waals surface area contributed by atoms with Crippen molar-refractivity contribution in [3.63, 3.8) is 0 Å². The van der Waals surface area contributed by atoms with E-state index in [4.69, 9.17) is 16.3 Å². The van der Waals surface area contributed by atoms with Crippen molar-refractivity contribution in [1.29, 1.82) is 0 Å². The standard InChI is InChI=1S/C25H18ClF2N5O3/c1-14-23(25(35)33(31(14)2)18-6-4-17(27)5-7-18)21(34)10-15-3-8-22(19(28)9-15)36-24-20-11-16(26)12-32(20)30-13-29-24/h3-9,11-13H,10H2,1-2H3. The number of carbonyl (C=O) groups is 1. The molecule has 0 amide bonds. The number of nitrogens with zero attached hydrogens (tertiary/aromatic N) is 5. The molecule has 0 aliphatic heterocycles. The molecule has 3 aromatic heterocycles. The van der Waals surface area contributed by atoms with Gasteiger partial charge in [-0.25, -0.2) is 18.0 Å². The second kappa shape index (κ2) is 9.04. The Morgan fingerprint density at radius 3 is 2.58 bits per heavy atom. The second-order valence-electron chi connectivity index (χ2n) is 8.10. The molecule has 0 radical (unpaired) electrons. The maximum atomic E-state index is 14.9. The molecule has 36 heavy (non-hydrogen) atoms. The summed E-state index contributed by atoms with van der Waals surface area (Å²) >= 11 is 5.99. The zero-order valence-corrected chi connectivity index (χ0v) is 19.8. The van der Waals surface area contributed by atoms with Gasteiger partial charge in [0.1, 0.15) is 23.2 Å². The van der Waals surface area contributed by atoms with Crippen LogP contribution in [0.1, 0.15) is 21.6 Å². The van der Waals surface area contributed by atoms with E-state index in [9.17, 15) is 18.4 Å². The Morgan fingerprint density at radius 2 is 1.86 bits per heavy atom. The first-order valence-corrected chi connectivity index (χ1v) is 11.1. The lowest BCUT2D eigenvalue weighted by atomic mass is 10.0. The predicted octanol–water partition coefficient (Wildman–Crippen LogP) is 4.68. The first kappa shape index (κ1) is 23.4. The molecule has 0 unspecified atom stereocenters. The van der Waals surface area contributed by atoms with E-state index in [1.54, 1.807) is 26.2 Å². The van der Waals surface area contributed by atoms with E-state index in [0.29, 0.717) is 27.5 Å². The maximum absolute atomic E-state index is 14.9. The number of carbonyl (C=O) groups excluding carboxylic acids is 1. The van der Waals surface area contributed by atoms with Crippen molar-refractivity contribution in [2.75, 3.05) is 0 Å². The summed E-state index contributed by atoms with van der Waals surface area (Å²) in [7, 11) is 1.63. The molecule has 0 spiro atoms. The maximum Gasteiger partial charge on any atom is 0.282 e. The molecule has 182 valence electrons. The van der Waals surface area contributed by atoms with Crippen LogP contribution in [0.4, 0.5) is 8.78 Å². The topological polar surface area (TPSA) is 83.4 Å². The predicted molar refractivity (Wildman–Crippen MR) is 128 cm³/mol. The number of rotatable bonds is 6. The summed E-state index contributed by atoms with van der Waals surface area (Å²) in [6.45, 7) is 1.64. The van der Waals surface area contributed by atoms with E-state index >= 15 is 0 Å². The van der Waals surface area contributed by atoms with Crippen LogP contribution in [0, 0.1) is 18.6 Å². The highest BCUT2D eigenvalue weighted by Gasteiger charge is 2.23. The van der Waals surface area contributed by atoms with Crippen LogP contribution in [0.5, 0.6) is 11.6 Å². The molecule has 0 atom stereocenters. The summed E-state index contributed by atoms with van der Waals surface area (Å²) in [6, 6.07) is 11.0. The van der Waals surface area contributed by atoms with Gasteiger partial charge in [-0.15, -0.1) is 0 Å². The van der Waals surface area contributed by atoms with Crippen LogP contribution in [0.2, 0.25) is 5.02 Å². The third kappa shape index (κ3) is 4.16. The van der Waals surface area contributed by atoms with Gasteiger partial charge in [0.25, 0.3) is 5.56 Å². The highest BCUT2D eigenvalue weighted by Crippen LogP contribution is 2.28. The Hall–Kier alpha value is -4.31. The summed E-state index contributed by atoms with van der Waals surface area (Å²) in [5.74, 6) is -1.60. The molecule has 5 rings (SSSR count). The number of aromatic nitrogens is 5. The largest absolute Gasteiger partial charge is 0.434 e. The van der Waals surface area contributed by atoms with Gasteiger partial charge in [0.2, 0.25) is 5.88 Å². The molecule has 0 saturated heterocycles. The normalized spacial score (nSPS) is 11.2. The lowest BCUT2D eigenvalue weighted by Crippen LogP contribution is -2.23.